The van der Waals surface area contributed by atoms with Crippen LogP contribution in [0.1, 0.15) is 16.7 Å². The predicted octanol–water partition coefficient (Wildman–Crippen LogP) is 3.94. The second-order valence-electron chi connectivity index (χ2n) is 5.16. The Morgan fingerprint density at radius 1 is 1.17 bits per heavy atom. The molecule has 0 amide bonds. The fourth-order valence-electron chi connectivity index (χ4n) is 2.26. The van der Waals surface area contributed by atoms with Crippen molar-refractivity contribution in [1.29, 1.82) is 0 Å². The molecule has 0 saturated heterocycles. The molecule has 3 rings (SSSR count). The van der Waals surface area contributed by atoms with Gasteiger partial charge < -0.3 is 9.47 Å². The molecule has 0 unspecified atom stereocenters. The van der Waals surface area contributed by atoms with Crippen molar-refractivity contribution >= 4 is 17.9 Å². The van der Waals surface area contributed by atoms with Crippen molar-refractivity contribution in [2.45, 2.75) is 13.5 Å². The zero-order valence-electron chi connectivity index (χ0n) is 12.7. The van der Waals surface area contributed by atoms with Gasteiger partial charge in [-0.2, -0.15) is 8.78 Å². The zero-order valence-corrected chi connectivity index (χ0v) is 12.7. The number of ether oxygens (including phenoxy) is 2. The second-order valence-corrected chi connectivity index (χ2v) is 5.16. The molecular formula is C18H13F2NO3. The summed E-state index contributed by atoms with van der Waals surface area (Å²) in [5.41, 5.74) is 2.41. The number of cyclic esters (lactones) is 1. The van der Waals surface area contributed by atoms with E-state index in [9.17, 15) is 13.6 Å². The number of aliphatic imine (C=N–C) groups is 1. The van der Waals surface area contributed by atoms with E-state index >= 15 is 0 Å². The maximum absolute atomic E-state index is 12.3. The summed E-state index contributed by atoms with van der Waals surface area (Å²) in [5.74, 6) is -0.567. The monoisotopic (exact) mass is 329 g/mol. The summed E-state index contributed by atoms with van der Waals surface area (Å²) in [7, 11) is 0. The van der Waals surface area contributed by atoms with Gasteiger partial charge in [0.2, 0.25) is 5.90 Å². The number of rotatable bonds is 4. The molecule has 2 aromatic rings. The summed E-state index contributed by atoms with van der Waals surface area (Å²) in [4.78, 5) is 16.1. The van der Waals surface area contributed by atoms with Crippen molar-refractivity contribution in [3.8, 4) is 5.75 Å². The molecule has 122 valence electrons. The van der Waals surface area contributed by atoms with Gasteiger partial charge in [0.15, 0.2) is 5.70 Å². The first-order valence-corrected chi connectivity index (χ1v) is 7.16. The van der Waals surface area contributed by atoms with Crippen LogP contribution in [-0.2, 0) is 9.53 Å². The van der Waals surface area contributed by atoms with E-state index in [1.807, 2.05) is 31.2 Å². The summed E-state index contributed by atoms with van der Waals surface area (Å²) < 4.78 is 34.0. The van der Waals surface area contributed by atoms with Gasteiger partial charge in [0, 0.05) is 5.56 Å². The number of carbonyl (C=O) groups is 1. The molecule has 0 radical (unpaired) electrons. The average Bonchev–Trinajstić information content (AvgIpc) is 2.88. The van der Waals surface area contributed by atoms with Gasteiger partial charge in [0.25, 0.3) is 0 Å². The fourth-order valence-corrected chi connectivity index (χ4v) is 2.26. The van der Waals surface area contributed by atoms with E-state index in [1.165, 1.54) is 18.2 Å². The number of carbonyl (C=O) groups excluding carboxylic acids is 1. The molecule has 0 spiro atoms. The van der Waals surface area contributed by atoms with Gasteiger partial charge in [-0.05, 0) is 36.8 Å². The number of alkyl halides is 2. The van der Waals surface area contributed by atoms with Crippen molar-refractivity contribution in [2.75, 3.05) is 0 Å². The Morgan fingerprint density at radius 3 is 2.71 bits per heavy atom. The van der Waals surface area contributed by atoms with Crippen molar-refractivity contribution < 1.29 is 23.0 Å². The summed E-state index contributed by atoms with van der Waals surface area (Å²) in [5, 5.41) is 0. The Hall–Kier alpha value is -3.02. The van der Waals surface area contributed by atoms with Crippen molar-refractivity contribution in [3.63, 3.8) is 0 Å². The first kappa shape index (κ1) is 15.9. The van der Waals surface area contributed by atoms with Gasteiger partial charge in [-0.3, -0.25) is 0 Å². The van der Waals surface area contributed by atoms with Gasteiger partial charge in [0.1, 0.15) is 5.75 Å². The number of hydrogen-bond donors (Lipinski definition) is 0. The Kier molecular flexibility index (Phi) is 4.37. The van der Waals surface area contributed by atoms with E-state index in [0.717, 1.165) is 11.1 Å². The number of hydrogen-bond acceptors (Lipinski definition) is 4. The summed E-state index contributed by atoms with van der Waals surface area (Å²) in [6.45, 7) is -0.983. The standard InChI is InChI=1S/C18H13F2NO3/c1-11-4-2-5-12(8-11)9-15-17(22)24-16(21-15)13-6-3-7-14(10-13)23-18(19)20/h2-10,18H,1H3. The lowest BCUT2D eigenvalue weighted by Crippen LogP contribution is -2.07. The Labute approximate surface area is 137 Å². The van der Waals surface area contributed by atoms with E-state index in [1.54, 1.807) is 12.1 Å². The maximum Gasteiger partial charge on any atom is 0.387 e. The Morgan fingerprint density at radius 2 is 1.96 bits per heavy atom. The van der Waals surface area contributed by atoms with Crippen LogP contribution in [0.4, 0.5) is 8.78 Å². The predicted molar refractivity (Wildman–Crippen MR) is 84.9 cm³/mol. The van der Waals surface area contributed by atoms with E-state index in [2.05, 4.69) is 9.73 Å². The molecule has 1 aliphatic rings. The first-order chi connectivity index (χ1) is 11.5. The fraction of sp³-hybridized carbons (Fsp3) is 0.111. The molecule has 0 N–H and O–H groups in total. The van der Waals surface area contributed by atoms with E-state index < -0.39 is 12.6 Å². The van der Waals surface area contributed by atoms with Gasteiger partial charge in [-0.1, -0.05) is 35.9 Å². The first-order valence-electron chi connectivity index (χ1n) is 7.16. The molecule has 0 saturated carbocycles. The topological polar surface area (TPSA) is 47.9 Å². The van der Waals surface area contributed by atoms with Crippen LogP contribution in [0.25, 0.3) is 6.08 Å². The largest absolute Gasteiger partial charge is 0.435 e. The molecule has 0 atom stereocenters. The maximum atomic E-state index is 12.3. The molecule has 24 heavy (non-hydrogen) atoms. The van der Waals surface area contributed by atoms with Gasteiger partial charge in [0.05, 0.1) is 0 Å². The number of benzene rings is 2. The summed E-state index contributed by atoms with van der Waals surface area (Å²) in [6, 6.07) is 13.4. The van der Waals surface area contributed by atoms with Crippen LogP contribution < -0.4 is 4.74 Å². The smallest absolute Gasteiger partial charge is 0.387 e. The van der Waals surface area contributed by atoms with Crippen LogP contribution >= 0.6 is 0 Å². The highest BCUT2D eigenvalue weighted by Crippen LogP contribution is 2.22. The molecule has 0 aromatic heterocycles. The van der Waals surface area contributed by atoms with Crippen molar-refractivity contribution in [3.05, 3.63) is 70.9 Å². The molecule has 4 nitrogen and oxygen atoms in total. The highest BCUT2D eigenvalue weighted by molar-refractivity contribution is 6.12. The number of nitrogens with zero attached hydrogens (tertiary/aromatic N) is 1. The number of halogens is 2. The molecule has 1 aliphatic heterocycles. The lowest BCUT2D eigenvalue weighted by molar-refractivity contribution is -0.129. The van der Waals surface area contributed by atoms with Gasteiger partial charge in [-0.25, -0.2) is 9.79 Å². The summed E-state index contributed by atoms with van der Waals surface area (Å²) in [6.07, 6.45) is 1.61. The minimum atomic E-state index is -2.93. The van der Waals surface area contributed by atoms with Gasteiger partial charge >= 0.3 is 12.6 Å². The highest BCUT2D eigenvalue weighted by atomic mass is 19.3. The van der Waals surface area contributed by atoms with Crippen LogP contribution in [0.3, 0.4) is 0 Å². The van der Waals surface area contributed by atoms with E-state index in [-0.39, 0.29) is 17.3 Å². The van der Waals surface area contributed by atoms with E-state index in [4.69, 9.17) is 4.74 Å². The van der Waals surface area contributed by atoms with Crippen LogP contribution in [0.5, 0.6) is 5.75 Å². The third-order valence-corrected chi connectivity index (χ3v) is 3.27. The Balaban J connectivity index is 1.89. The zero-order chi connectivity index (χ0) is 17.1. The second kappa shape index (κ2) is 6.62. The third kappa shape index (κ3) is 3.65. The number of esters is 1. The van der Waals surface area contributed by atoms with Gasteiger partial charge in [-0.15, -0.1) is 0 Å². The normalized spacial score (nSPS) is 15.6. The lowest BCUT2D eigenvalue weighted by atomic mass is 10.1. The molecule has 0 aliphatic carbocycles. The lowest BCUT2D eigenvalue weighted by Gasteiger charge is -2.05. The molecule has 2 aromatic carbocycles. The van der Waals surface area contributed by atoms with Crippen LogP contribution in [0.15, 0.2) is 59.2 Å². The Bertz CT molecular complexity index is 844. The third-order valence-electron chi connectivity index (χ3n) is 3.27. The minimum Gasteiger partial charge on any atom is -0.435 e. The quantitative estimate of drug-likeness (QED) is 0.630. The van der Waals surface area contributed by atoms with Crippen molar-refractivity contribution in [2.24, 2.45) is 4.99 Å². The molecular weight excluding hydrogens is 316 g/mol. The van der Waals surface area contributed by atoms with E-state index in [0.29, 0.717) is 5.56 Å². The molecule has 0 bridgehead atoms. The van der Waals surface area contributed by atoms with Crippen LogP contribution in [0, 0.1) is 6.92 Å². The summed E-state index contributed by atoms with van der Waals surface area (Å²) >= 11 is 0. The SMILES string of the molecule is Cc1cccc(C=C2N=C(c3cccc(OC(F)F)c3)OC2=O)c1. The number of aryl methyl sites for hydroxylation is 1. The van der Waals surface area contributed by atoms with Crippen molar-refractivity contribution in [1.82, 2.24) is 0 Å². The molecule has 1 heterocycles. The van der Waals surface area contributed by atoms with Crippen LogP contribution in [0.2, 0.25) is 0 Å². The highest BCUT2D eigenvalue weighted by Gasteiger charge is 2.24. The average molecular weight is 329 g/mol. The van der Waals surface area contributed by atoms with Crippen LogP contribution in [-0.4, -0.2) is 18.5 Å². The molecule has 6 heteroatoms. The molecule has 0 fully saturated rings. The minimum absolute atomic E-state index is 0.0302.